The summed E-state index contributed by atoms with van der Waals surface area (Å²) in [7, 11) is 0. The first-order valence-electron chi connectivity index (χ1n) is 6.55. The van der Waals surface area contributed by atoms with Gasteiger partial charge in [0, 0.05) is 21.4 Å². The Morgan fingerprint density at radius 3 is 2.70 bits per heavy atom. The standard InChI is InChI=1S/C15H14IN3O/c1-2-3-12-8-15(20)19-14(17-12)9-13(18-19)10-4-6-11(16)7-5-10/h4-9,18H,2-3H2,1H3. The number of nitrogens with zero attached hydrogens (tertiary/aromatic N) is 2. The molecule has 1 N–H and O–H groups in total. The van der Waals surface area contributed by atoms with E-state index >= 15 is 0 Å². The molecule has 2 heterocycles. The van der Waals surface area contributed by atoms with Gasteiger partial charge < -0.3 is 0 Å². The van der Waals surface area contributed by atoms with Gasteiger partial charge in [-0.1, -0.05) is 25.5 Å². The molecule has 4 nitrogen and oxygen atoms in total. The molecule has 5 heteroatoms. The van der Waals surface area contributed by atoms with Gasteiger partial charge in [0.2, 0.25) is 0 Å². The zero-order valence-electron chi connectivity index (χ0n) is 11.1. The molecule has 0 spiro atoms. The van der Waals surface area contributed by atoms with Gasteiger partial charge in [-0.3, -0.25) is 9.89 Å². The number of H-pyrrole nitrogens is 1. The van der Waals surface area contributed by atoms with Crippen LogP contribution in [0, 0.1) is 3.57 Å². The second-order valence-corrected chi connectivity index (χ2v) is 5.95. The van der Waals surface area contributed by atoms with Crippen LogP contribution < -0.4 is 5.56 Å². The maximum atomic E-state index is 12.1. The molecule has 0 fully saturated rings. The summed E-state index contributed by atoms with van der Waals surface area (Å²) < 4.78 is 2.68. The molecule has 2 aromatic heterocycles. The Morgan fingerprint density at radius 2 is 2.00 bits per heavy atom. The molecule has 0 atom stereocenters. The van der Waals surface area contributed by atoms with Gasteiger partial charge in [0.05, 0.1) is 5.69 Å². The number of hydrogen-bond acceptors (Lipinski definition) is 2. The molecule has 0 saturated carbocycles. The van der Waals surface area contributed by atoms with Gasteiger partial charge in [-0.05, 0) is 46.7 Å². The number of aromatic nitrogens is 3. The highest BCUT2D eigenvalue weighted by molar-refractivity contribution is 14.1. The van der Waals surface area contributed by atoms with E-state index in [0.717, 1.165) is 29.8 Å². The van der Waals surface area contributed by atoms with E-state index in [1.54, 1.807) is 6.07 Å². The number of hydrogen-bond donors (Lipinski definition) is 1. The fourth-order valence-corrected chi connectivity index (χ4v) is 2.56. The Kier molecular flexibility index (Phi) is 3.60. The first-order chi connectivity index (χ1) is 9.67. The van der Waals surface area contributed by atoms with Crippen LogP contribution in [-0.2, 0) is 6.42 Å². The number of nitrogens with one attached hydrogen (secondary N) is 1. The van der Waals surface area contributed by atoms with Crippen LogP contribution >= 0.6 is 22.6 Å². The van der Waals surface area contributed by atoms with Crippen molar-refractivity contribution >= 4 is 28.2 Å². The highest BCUT2D eigenvalue weighted by atomic mass is 127. The normalized spacial score (nSPS) is 11.1. The Labute approximate surface area is 130 Å². The van der Waals surface area contributed by atoms with E-state index in [0.29, 0.717) is 5.65 Å². The predicted molar refractivity (Wildman–Crippen MR) is 88.0 cm³/mol. The van der Waals surface area contributed by atoms with Gasteiger partial charge in [-0.2, -0.15) is 0 Å². The van der Waals surface area contributed by atoms with Gasteiger partial charge in [-0.25, -0.2) is 9.50 Å². The van der Waals surface area contributed by atoms with Crippen LogP contribution in [0.3, 0.4) is 0 Å². The van der Waals surface area contributed by atoms with Crippen molar-refractivity contribution in [3.63, 3.8) is 0 Å². The molecule has 0 aliphatic heterocycles. The smallest absolute Gasteiger partial charge is 0.272 e. The lowest BCUT2D eigenvalue weighted by Gasteiger charge is -1.98. The number of halogens is 1. The molecular weight excluding hydrogens is 365 g/mol. The van der Waals surface area contributed by atoms with E-state index in [1.807, 2.05) is 30.3 Å². The minimum absolute atomic E-state index is 0.0600. The number of rotatable bonds is 3. The highest BCUT2D eigenvalue weighted by Gasteiger charge is 2.07. The molecule has 0 radical (unpaired) electrons. The summed E-state index contributed by atoms with van der Waals surface area (Å²) >= 11 is 2.27. The maximum Gasteiger partial charge on any atom is 0.272 e. The Bertz CT molecular complexity index is 802. The second kappa shape index (κ2) is 5.40. The zero-order chi connectivity index (χ0) is 14.1. The van der Waals surface area contributed by atoms with Crippen molar-refractivity contribution in [2.45, 2.75) is 19.8 Å². The lowest BCUT2D eigenvalue weighted by atomic mass is 10.2. The van der Waals surface area contributed by atoms with Crippen molar-refractivity contribution in [2.24, 2.45) is 0 Å². The van der Waals surface area contributed by atoms with Crippen LogP contribution in [0.15, 0.2) is 41.2 Å². The molecule has 0 saturated heterocycles. The van der Waals surface area contributed by atoms with Gasteiger partial charge in [0.15, 0.2) is 5.65 Å². The summed E-state index contributed by atoms with van der Waals surface area (Å²) in [4.78, 5) is 16.6. The SMILES string of the molecule is CCCc1cc(=O)n2[nH]c(-c3ccc(I)cc3)cc2n1. The number of benzene rings is 1. The lowest BCUT2D eigenvalue weighted by Crippen LogP contribution is -2.15. The van der Waals surface area contributed by atoms with Crippen molar-refractivity contribution in [1.82, 2.24) is 14.6 Å². The third kappa shape index (κ3) is 2.49. The van der Waals surface area contributed by atoms with Crippen molar-refractivity contribution < 1.29 is 0 Å². The minimum Gasteiger partial charge on any atom is -0.289 e. The fourth-order valence-electron chi connectivity index (χ4n) is 2.20. The number of aryl methyl sites for hydroxylation is 1. The predicted octanol–water partition coefficient (Wildman–Crippen LogP) is 3.25. The van der Waals surface area contributed by atoms with E-state index in [4.69, 9.17) is 0 Å². The first kappa shape index (κ1) is 13.4. The van der Waals surface area contributed by atoms with E-state index in [1.165, 1.54) is 8.09 Å². The van der Waals surface area contributed by atoms with Crippen LogP contribution in [0.1, 0.15) is 19.0 Å². The fraction of sp³-hybridized carbons (Fsp3) is 0.200. The Morgan fingerprint density at radius 1 is 1.25 bits per heavy atom. The molecule has 0 bridgehead atoms. The highest BCUT2D eigenvalue weighted by Crippen LogP contribution is 2.19. The van der Waals surface area contributed by atoms with Gasteiger partial charge in [-0.15, -0.1) is 0 Å². The topological polar surface area (TPSA) is 50.2 Å². The van der Waals surface area contributed by atoms with Crippen LogP contribution in [0.2, 0.25) is 0 Å². The number of aromatic amines is 1. The van der Waals surface area contributed by atoms with Crippen molar-refractivity contribution in [3.05, 3.63) is 56.0 Å². The molecule has 1 aromatic carbocycles. The molecule has 3 rings (SSSR count). The van der Waals surface area contributed by atoms with Crippen LogP contribution in [-0.4, -0.2) is 14.6 Å². The number of fused-ring (bicyclic) bond motifs is 1. The van der Waals surface area contributed by atoms with E-state index in [-0.39, 0.29) is 5.56 Å². The minimum atomic E-state index is -0.0600. The lowest BCUT2D eigenvalue weighted by molar-refractivity contribution is 0.841. The summed E-state index contributed by atoms with van der Waals surface area (Å²) in [6.45, 7) is 2.08. The van der Waals surface area contributed by atoms with E-state index in [9.17, 15) is 4.79 Å². The largest absolute Gasteiger partial charge is 0.289 e. The summed E-state index contributed by atoms with van der Waals surface area (Å²) in [6, 6.07) is 11.7. The van der Waals surface area contributed by atoms with Gasteiger partial charge >= 0.3 is 0 Å². The van der Waals surface area contributed by atoms with Crippen molar-refractivity contribution in [3.8, 4) is 11.3 Å². The molecule has 3 aromatic rings. The van der Waals surface area contributed by atoms with Crippen LogP contribution in [0.25, 0.3) is 16.9 Å². The second-order valence-electron chi connectivity index (χ2n) is 4.71. The van der Waals surface area contributed by atoms with E-state index < -0.39 is 0 Å². The zero-order valence-corrected chi connectivity index (χ0v) is 13.2. The van der Waals surface area contributed by atoms with Crippen LogP contribution in [0.4, 0.5) is 0 Å². The quantitative estimate of drug-likeness (QED) is 0.711. The first-order valence-corrected chi connectivity index (χ1v) is 7.63. The molecule has 0 aliphatic carbocycles. The summed E-state index contributed by atoms with van der Waals surface area (Å²) in [6.07, 6.45) is 1.81. The summed E-state index contributed by atoms with van der Waals surface area (Å²) in [5.74, 6) is 0. The molecular formula is C15H14IN3O. The third-order valence-electron chi connectivity index (χ3n) is 3.16. The Balaban J connectivity index is 2.12. The molecule has 0 amide bonds. The van der Waals surface area contributed by atoms with E-state index in [2.05, 4.69) is 39.6 Å². The molecule has 102 valence electrons. The van der Waals surface area contributed by atoms with Crippen LogP contribution in [0.5, 0.6) is 0 Å². The molecule has 0 aliphatic rings. The molecule has 20 heavy (non-hydrogen) atoms. The third-order valence-corrected chi connectivity index (χ3v) is 3.88. The van der Waals surface area contributed by atoms with Gasteiger partial charge in [0.25, 0.3) is 5.56 Å². The monoisotopic (exact) mass is 379 g/mol. The maximum absolute atomic E-state index is 12.1. The molecule has 0 unspecified atom stereocenters. The summed E-state index contributed by atoms with van der Waals surface area (Å²) in [5.41, 5.74) is 3.42. The summed E-state index contributed by atoms with van der Waals surface area (Å²) in [5, 5.41) is 3.11. The van der Waals surface area contributed by atoms with Crippen molar-refractivity contribution in [2.75, 3.05) is 0 Å². The van der Waals surface area contributed by atoms with Gasteiger partial charge in [0.1, 0.15) is 0 Å². The Hall–Kier alpha value is -1.63. The average molecular weight is 379 g/mol. The van der Waals surface area contributed by atoms with Crippen molar-refractivity contribution in [1.29, 1.82) is 0 Å². The average Bonchev–Trinajstić information content (AvgIpc) is 2.84.